The van der Waals surface area contributed by atoms with E-state index in [0.29, 0.717) is 23.7 Å². The molecular formula is C25H34ClN3O4S. The smallest absolute Gasteiger partial charge is 0.244 e. The molecule has 2 rings (SSSR count). The number of halogens is 1. The number of unbranched alkanes of at least 4 members (excludes halogenated alkanes) is 1. The van der Waals surface area contributed by atoms with Gasteiger partial charge < -0.3 is 10.2 Å². The van der Waals surface area contributed by atoms with Crippen LogP contribution in [0.4, 0.5) is 5.69 Å². The number of benzene rings is 2. The van der Waals surface area contributed by atoms with Crippen molar-refractivity contribution in [2.24, 2.45) is 0 Å². The highest BCUT2D eigenvalue weighted by atomic mass is 35.5. The summed E-state index contributed by atoms with van der Waals surface area (Å²) < 4.78 is 26.2. The van der Waals surface area contributed by atoms with E-state index in [-0.39, 0.29) is 12.5 Å². The van der Waals surface area contributed by atoms with Gasteiger partial charge >= 0.3 is 0 Å². The lowest BCUT2D eigenvalue weighted by Gasteiger charge is -2.33. The van der Waals surface area contributed by atoms with Crippen LogP contribution in [0.25, 0.3) is 0 Å². The maximum absolute atomic E-state index is 13.6. The van der Waals surface area contributed by atoms with Crippen molar-refractivity contribution in [3.8, 4) is 0 Å². The normalized spacial score (nSPS) is 12.1. The average Bonchev–Trinajstić information content (AvgIpc) is 2.78. The van der Waals surface area contributed by atoms with Gasteiger partial charge in [0.05, 0.1) is 11.9 Å². The van der Waals surface area contributed by atoms with Crippen LogP contribution in [-0.2, 0) is 26.2 Å². The second-order valence-corrected chi connectivity index (χ2v) is 10.7. The Morgan fingerprint density at radius 2 is 1.76 bits per heavy atom. The molecular weight excluding hydrogens is 474 g/mol. The zero-order chi connectivity index (χ0) is 25.3. The SMILES string of the molecule is CCCCNC(=O)[C@H](CC)N(Cc1ccc(C)cc1)C(=O)CN(c1cccc(Cl)c1)S(C)(=O)=O. The van der Waals surface area contributed by atoms with Crippen molar-refractivity contribution in [3.63, 3.8) is 0 Å². The number of nitrogens with one attached hydrogen (secondary N) is 1. The van der Waals surface area contributed by atoms with Gasteiger partial charge in [0.2, 0.25) is 21.8 Å². The molecule has 0 aliphatic carbocycles. The Labute approximate surface area is 208 Å². The van der Waals surface area contributed by atoms with Crippen molar-refractivity contribution in [3.05, 3.63) is 64.7 Å². The molecule has 0 saturated heterocycles. The number of hydrogen-bond donors (Lipinski definition) is 1. The third kappa shape index (κ3) is 8.02. The number of rotatable bonds is 12. The Kier molecular flexibility index (Phi) is 10.4. The van der Waals surface area contributed by atoms with E-state index in [0.717, 1.165) is 34.5 Å². The van der Waals surface area contributed by atoms with E-state index in [1.54, 1.807) is 18.2 Å². The lowest BCUT2D eigenvalue weighted by atomic mass is 10.1. The molecule has 0 fully saturated rings. The van der Waals surface area contributed by atoms with Gasteiger partial charge in [0.1, 0.15) is 12.6 Å². The molecule has 0 aliphatic heterocycles. The van der Waals surface area contributed by atoms with E-state index in [9.17, 15) is 18.0 Å². The fourth-order valence-electron chi connectivity index (χ4n) is 3.56. The van der Waals surface area contributed by atoms with E-state index in [1.165, 1.54) is 11.0 Å². The molecule has 1 atom stereocenters. The predicted molar refractivity (Wildman–Crippen MR) is 137 cm³/mol. The van der Waals surface area contributed by atoms with Crippen molar-refractivity contribution in [2.45, 2.75) is 52.6 Å². The highest BCUT2D eigenvalue weighted by Gasteiger charge is 2.31. The van der Waals surface area contributed by atoms with Crippen molar-refractivity contribution in [1.29, 1.82) is 0 Å². The molecule has 2 aromatic carbocycles. The molecule has 0 spiro atoms. The number of aryl methyl sites for hydroxylation is 1. The first-order valence-electron chi connectivity index (χ1n) is 11.4. The fourth-order valence-corrected chi connectivity index (χ4v) is 4.59. The molecule has 186 valence electrons. The summed E-state index contributed by atoms with van der Waals surface area (Å²) in [6, 6.07) is 13.3. The Hall–Kier alpha value is -2.58. The monoisotopic (exact) mass is 507 g/mol. The van der Waals surface area contributed by atoms with Crippen LogP contribution in [-0.4, -0.2) is 50.5 Å². The van der Waals surface area contributed by atoms with E-state index in [4.69, 9.17) is 11.6 Å². The Balaban J connectivity index is 2.39. The topological polar surface area (TPSA) is 86.8 Å². The second-order valence-electron chi connectivity index (χ2n) is 8.33. The quantitative estimate of drug-likeness (QED) is 0.437. The van der Waals surface area contributed by atoms with Crippen LogP contribution in [0.5, 0.6) is 0 Å². The molecule has 0 heterocycles. The van der Waals surface area contributed by atoms with Gasteiger partial charge in [-0.25, -0.2) is 8.42 Å². The zero-order valence-corrected chi connectivity index (χ0v) is 21.8. The molecule has 7 nitrogen and oxygen atoms in total. The highest BCUT2D eigenvalue weighted by molar-refractivity contribution is 7.92. The van der Waals surface area contributed by atoms with E-state index < -0.39 is 28.5 Å². The Morgan fingerprint density at radius 1 is 1.09 bits per heavy atom. The number of nitrogens with zero attached hydrogens (tertiary/aromatic N) is 2. The minimum atomic E-state index is -3.79. The third-order valence-electron chi connectivity index (χ3n) is 5.46. The third-order valence-corrected chi connectivity index (χ3v) is 6.84. The first kappa shape index (κ1) is 27.7. The first-order valence-corrected chi connectivity index (χ1v) is 13.7. The van der Waals surface area contributed by atoms with E-state index in [2.05, 4.69) is 5.32 Å². The highest BCUT2D eigenvalue weighted by Crippen LogP contribution is 2.23. The molecule has 0 unspecified atom stereocenters. The van der Waals surface area contributed by atoms with Crippen molar-refractivity contribution in [2.75, 3.05) is 23.7 Å². The van der Waals surface area contributed by atoms with Gasteiger partial charge in [-0.05, 0) is 43.5 Å². The summed E-state index contributed by atoms with van der Waals surface area (Å²) in [6.07, 6.45) is 3.21. The molecule has 0 saturated carbocycles. The number of carbonyl (C=O) groups is 2. The van der Waals surface area contributed by atoms with Crippen molar-refractivity contribution >= 4 is 39.1 Å². The minimum Gasteiger partial charge on any atom is -0.354 e. The predicted octanol–water partition coefficient (Wildman–Crippen LogP) is 4.14. The lowest BCUT2D eigenvalue weighted by Crippen LogP contribution is -2.52. The van der Waals surface area contributed by atoms with Gasteiger partial charge in [-0.3, -0.25) is 13.9 Å². The van der Waals surface area contributed by atoms with Crippen LogP contribution in [0.1, 0.15) is 44.2 Å². The summed E-state index contributed by atoms with van der Waals surface area (Å²) in [7, 11) is -3.79. The van der Waals surface area contributed by atoms with Gasteiger partial charge in [0.15, 0.2) is 0 Å². The maximum atomic E-state index is 13.6. The first-order chi connectivity index (χ1) is 16.1. The van der Waals surface area contributed by atoms with Gasteiger partial charge in [0.25, 0.3) is 0 Å². The van der Waals surface area contributed by atoms with Crippen LogP contribution < -0.4 is 9.62 Å². The van der Waals surface area contributed by atoms with E-state index in [1.807, 2.05) is 45.0 Å². The summed E-state index contributed by atoms with van der Waals surface area (Å²) in [5.74, 6) is -0.714. The maximum Gasteiger partial charge on any atom is 0.244 e. The van der Waals surface area contributed by atoms with Gasteiger partial charge in [-0.1, -0.05) is 67.8 Å². The Morgan fingerprint density at radius 3 is 2.32 bits per heavy atom. The fraction of sp³-hybridized carbons (Fsp3) is 0.440. The van der Waals surface area contributed by atoms with Gasteiger partial charge in [-0.2, -0.15) is 0 Å². The van der Waals surface area contributed by atoms with E-state index >= 15 is 0 Å². The number of amides is 2. The minimum absolute atomic E-state index is 0.186. The largest absolute Gasteiger partial charge is 0.354 e. The van der Waals surface area contributed by atoms with Crippen LogP contribution in [0.2, 0.25) is 5.02 Å². The number of sulfonamides is 1. The standard InChI is InChI=1S/C25H34ClN3O4S/c1-5-7-15-27-25(31)23(6-2)28(17-20-13-11-19(3)12-14-20)24(30)18-29(34(4,32)33)22-10-8-9-21(26)16-22/h8-14,16,23H,5-7,15,17-18H2,1-4H3,(H,27,31)/t23-/m0/s1. The molecule has 2 amide bonds. The van der Waals surface area contributed by atoms with Gasteiger partial charge in [0, 0.05) is 18.1 Å². The summed E-state index contributed by atoms with van der Waals surface area (Å²) in [5, 5.41) is 3.26. The van der Waals surface area contributed by atoms with Crippen LogP contribution in [0.15, 0.2) is 48.5 Å². The zero-order valence-electron chi connectivity index (χ0n) is 20.3. The molecule has 0 aliphatic rings. The summed E-state index contributed by atoms with van der Waals surface area (Å²) >= 11 is 6.06. The van der Waals surface area contributed by atoms with Crippen LogP contribution in [0.3, 0.4) is 0 Å². The summed E-state index contributed by atoms with van der Waals surface area (Å²) in [4.78, 5) is 28.0. The van der Waals surface area contributed by atoms with Crippen molar-refractivity contribution in [1.82, 2.24) is 10.2 Å². The molecule has 0 radical (unpaired) electrons. The molecule has 0 bridgehead atoms. The number of hydrogen-bond acceptors (Lipinski definition) is 4. The number of carbonyl (C=O) groups excluding carboxylic acids is 2. The molecule has 9 heteroatoms. The molecule has 34 heavy (non-hydrogen) atoms. The average molecular weight is 508 g/mol. The Bertz CT molecular complexity index is 1070. The lowest BCUT2D eigenvalue weighted by molar-refractivity contribution is -0.140. The second kappa shape index (κ2) is 12.8. The van der Waals surface area contributed by atoms with Crippen molar-refractivity contribution < 1.29 is 18.0 Å². The summed E-state index contributed by atoms with van der Waals surface area (Å²) in [5.41, 5.74) is 2.22. The number of anilines is 1. The molecule has 1 N–H and O–H groups in total. The molecule has 2 aromatic rings. The molecule has 0 aromatic heterocycles. The van der Waals surface area contributed by atoms with Crippen LogP contribution in [0, 0.1) is 6.92 Å². The summed E-state index contributed by atoms with van der Waals surface area (Å²) in [6.45, 7) is 6.11. The van der Waals surface area contributed by atoms with Gasteiger partial charge in [-0.15, -0.1) is 0 Å². The van der Waals surface area contributed by atoms with Crippen LogP contribution >= 0.6 is 11.6 Å².